The highest BCUT2D eigenvalue weighted by atomic mass is 79.9. The Bertz CT molecular complexity index is 1960. The van der Waals surface area contributed by atoms with Crippen LogP contribution in [0.2, 0.25) is 5.15 Å². The van der Waals surface area contributed by atoms with E-state index in [4.69, 9.17) is 11.6 Å². The highest BCUT2D eigenvalue weighted by Gasteiger charge is 2.31. The van der Waals surface area contributed by atoms with E-state index < -0.39 is 68.0 Å². The number of carbonyl (C=O) groups is 3. The highest BCUT2D eigenvalue weighted by molar-refractivity contribution is 9.10. The summed E-state index contributed by atoms with van der Waals surface area (Å²) < 4.78 is 68.0. The maximum Gasteiger partial charge on any atom is 0.416 e. The number of sulfonamides is 1. The minimum Gasteiger partial charge on any atom is -0.333 e. The van der Waals surface area contributed by atoms with Gasteiger partial charge in [-0.2, -0.15) is 13.2 Å². The number of alkyl halides is 3. The van der Waals surface area contributed by atoms with Crippen LogP contribution in [0.15, 0.2) is 56.6 Å². The summed E-state index contributed by atoms with van der Waals surface area (Å²) in [4.78, 5) is 56.6. The van der Waals surface area contributed by atoms with Gasteiger partial charge in [-0.15, -0.1) is 0 Å². The molecule has 2 aromatic carbocycles. The molecule has 1 heterocycles. The van der Waals surface area contributed by atoms with Gasteiger partial charge in [-0.05, 0) is 82.0 Å². The van der Waals surface area contributed by atoms with Crippen molar-refractivity contribution in [3.63, 3.8) is 0 Å². The lowest BCUT2D eigenvalue weighted by Gasteiger charge is -2.23. The average Bonchev–Trinajstić information content (AvgIpc) is 3.02. The molecule has 0 spiro atoms. The van der Waals surface area contributed by atoms with Crippen LogP contribution in [0, 0.1) is 5.92 Å². The number of nitrogens with zero attached hydrogens (tertiary/aromatic N) is 2. The monoisotopic (exact) mass is 816 g/mol. The van der Waals surface area contributed by atoms with Crippen molar-refractivity contribution in [2.75, 3.05) is 10.6 Å². The van der Waals surface area contributed by atoms with Crippen LogP contribution in [0.5, 0.6) is 0 Å². The van der Waals surface area contributed by atoms with Gasteiger partial charge in [0.25, 0.3) is 21.5 Å². The number of anilines is 2. The average molecular weight is 818 g/mol. The summed E-state index contributed by atoms with van der Waals surface area (Å²) in [5.41, 5.74) is -2.69. The number of urea groups is 1. The molecule has 0 aliphatic heterocycles. The van der Waals surface area contributed by atoms with Crippen LogP contribution in [0.25, 0.3) is 0 Å². The smallest absolute Gasteiger partial charge is 0.333 e. The fraction of sp³-hybridized carbons (Fsp3) is 0.424. The van der Waals surface area contributed by atoms with Gasteiger partial charge in [0, 0.05) is 10.0 Å². The lowest BCUT2D eigenvalue weighted by atomic mass is 9.86. The van der Waals surface area contributed by atoms with E-state index in [-0.39, 0.29) is 22.1 Å². The molecule has 4 rings (SSSR count). The number of rotatable bonds is 10. The zero-order valence-corrected chi connectivity index (χ0v) is 31.1. The molecule has 4 amide bonds. The SMILES string of the molecule is CC(C)(C)NC(=O)Nc1nc(Cl)c(CCC2CCCCC2)n(CC(=O)Nc2cc(Br)ccc2C(=O)NS(=O)(=O)c2ccc(C(F)(F)F)cc2)c1=O. The lowest BCUT2D eigenvalue weighted by molar-refractivity contribution is -0.137. The second-order valence-corrected chi connectivity index (χ2v) is 16.1. The molecular formula is C33H37BrClF3N6O6S. The van der Waals surface area contributed by atoms with Crippen molar-refractivity contribution < 1.29 is 36.0 Å². The summed E-state index contributed by atoms with van der Waals surface area (Å²) in [5, 5.41) is 7.50. The molecule has 12 nitrogen and oxygen atoms in total. The van der Waals surface area contributed by atoms with Gasteiger partial charge in [-0.1, -0.05) is 59.6 Å². The topological polar surface area (TPSA) is 168 Å². The Morgan fingerprint density at radius 1 is 1.00 bits per heavy atom. The minimum atomic E-state index is -4.70. The Labute approximate surface area is 306 Å². The molecule has 0 bridgehead atoms. The Morgan fingerprint density at radius 2 is 1.65 bits per heavy atom. The number of hydrogen-bond donors (Lipinski definition) is 4. The zero-order chi connectivity index (χ0) is 37.7. The number of carbonyl (C=O) groups excluding carboxylic acids is 3. The first kappa shape index (κ1) is 39.8. The number of benzene rings is 2. The Hall–Kier alpha value is -3.96. The zero-order valence-electron chi connectivity index (χ0n) is 27.9. The summed E-state index contributed by atoms with van der Waals surface area (Å²) in [6.45, 7) is 4.60. The van der Waals surface area contributed by atoms with E-state index in [1.807, 2.05) is 0 Å². The van der Waals surface area contributed by atoms with Crippen molar-refractivity contribution in [2.45, 2.75) is 88.9 Å². The van der Waals surface area contributed by atoms with Gasteiger partial charge >= 0.3 is 12.2 Å². The van der Waals surface area contributed by atoms with Gasteiger partial charge in [0.2, 0.25) is 11.7 Å². The minimum absolute atomic E-state index is 0.0831. The molecule has 1 aliphatic carbocycles. The quantitative estimate of drug-likeness (QED) is 0.173. The fourth-order valence-electron chi connectivity index (χ4n) is 5.57. The third-order valence-corrected chi connectivity index (χ3v) is 10.1. The first-order chi connectivity index (χ1) is 23.7. The summed E-state index contributed by atoms with van der Waals surface area (Å²) in [6.07, 6.45) is 1.67. The molecule has 4 N–H and O–H groups in total. The highest BCUT2D eigenvalue weighted by Crippen LogP contribution is 2.31. The van der Waals surface area contributed by atoms with Crippen LogP contribution in [0.4, 0.5) is 29.5 Å². The van der Waals surface area contributed by atoms with E-state index in [1.165, 1.54) is 18.2 Å². The predicted octanol–water partition coefficient (Wildman–Crippen LogP) is 6.87. The van der Waals surface area contributed by atoms with Crippen molar-refractivity contribution in [1.29, 1.82) is 0 Å². The largest absolute Gasteiger partial charge is 0.416 e. The molecule has 3 aromatic rings. The molecule has 0 unspecified atom stereocenters. The lowest BCUT2D eigenvalue weighted by Crippen LogP contribution is -2.44. The molecule has 0 atom stereocenters. The van der Waals surface area contributed by atoms with Gasteiger partial charge in [0.1, 0.15) is 6.54 Å². The van der Waals surface area contributed by atoms with Crippen molar-refractivity contribution in [3.8, 4) is 0 Å². The fourth-order valence-corrected chi connectivity index (χ4v) is 7.17. The molecule has 1 saturated carbocycles. The van der Waals surface area contributed by atoms with E-state index in [9.17, 15) is 40.8 Å². The van der Waals surface area contributed by atoms with Crippen molar-refractivity contribution in [2.24, 2.45) is 5.92 Å². The van der Waals surface area contributed by atoms with Gasteiger partial charge < -0.3 is 10.6 Å². The maximum atomic E-state index is 13.7. The van der Waals surface area contributed by atoms with E-state index in [1.54, 1.807) is 25.5 Å². The molecule has 51 heavy (non-hydrogen) atoms. The summed E-state index contributed by atoms with van der Waals surface area (Å²) in [5.74, 6) is -2.01. The first-order valence-electron chi connectivity index (χ1n) is 16.0. The van der Waals surface area contributed by atoms with Crippen LogP contribution in [0.3, 0.4) is 0 Å². The Balaban J connectivity index is 1.61. The third kappa shape index (κ3) is 11.0. The number of hydrogen-bond acceptors (Lipinski definition) is 7. The summed E-state index contributed by atoms with van der Waals surface area (Å²) in [7, 11) is -4.63. The van der Waals surface area contributed by atoms with Crippen LogP contribution >= 0.6 is 27.5 Å². The molecule has 18 heteroatoms. The number of nitrogens with one attached hydrogen (secondary N) is 4. The molecule has 1 fully saturated rings. The maximum absolute atomic E-state index is 13.7. The Kier molecular flexibility index (Phi) is 12.6. The van der Waals surface area contributed by atoms with Crippen LogP contribution < -0.4 is 26.2 Å². The van der Waals surface area contributed by atoms with Crippen molar-refractivity contribution in [3.05, 3.63) is 79.3 Å². The number of halogens is 5. The number of amides is 4. The third-order valence-electron chi connectivity index (χ3n) is 7.98. The molecule has 0 saturated heterocycles. The second-order valence-electron chi connectivity index (χ2n) is 13.2. The van der Waals surface area contributed by atoms with E-state index >= 15 is 0 Å². The van der Waals surface area contributed by atoms with Gasteiger partial charge in [0.05, 0.1) is 27.4 Å². The van der Waals surface area contributed by atoms with Gasteiger partial charge in [-0.3, -0.25) is 24.3 Å². The van der Waals surface area contributed by atoms with E-state index in [2.05, 4.69) is 36.9 Å². The molecular weight excluding hydrogens is 781 g/mol. The standard InChI is InChI=1S/C33H37BrClF3N6O6S/c1-32(2,3)42-31(48)41-28-30(47)44(25(27(35)40-28)16-9-19-7-5-4-6-8-19)18-26(45)39-24-17-21(34)12-15-23(24)29(46)43-51(49,50)22-13-10-20(11-14-22)33(36,37)38/h10-15,17,19H,4-9,16,18H2,1-3H3,(H,39,45)(H,43,46)(H2,40,41,42,48). The van der Waals surface area contributed by atoms with Crippen molar-refractivity contribution in [1.82, 2.24) is 19.6 Å². The van der Waals surface area contributed by atoms with E-state index in [0.717, 1.165) is 36.7 Å². The van der Waals surface area contributed by atoms with Crippen LogP contribution in [0.1, 0.15) is 80.9 Å². The normalized spacial score (nSPS) is 14.1. The van der Waals surface area contributed by atoms with Crippen LogP contribution in [-0.2, 0) is 34.0 Å². The van der Waals surface area contributed by atoms with Gasteiger partial charge in [0.15, 0.2) is 5.15 Å². The molecule has 1 aliphatic rings. The van der Waals surface area contributed by atoms with Gasteiger partial charge in [-0.25, -0.2) is 22.9 Å². The van der Waals surface area contributed by atoms with Crippen LogP contribution in [-0.4, -0.2) is 41.4 Å². The molecule has 1 aromatic heterocycles. The molecule has 276 valence electrons. The van der Waals surface area contributed by atoms with E-state index in [0.29, 0.717) is 47.5 Å². The summed E-state index contributed by atoms with van der Waals surface area (Å²) in [6, 6.07) is 5.80. The first-order valence-corrected chi connectivity index (χ1v) is 18.6. The molecule has 0 radical (unpaired) electrons. The van der Waals surface area contributed by atoms with Crippen molar-refractivity contribution >= 4 is 66.9 Å². The predicted molar refractivity (Wildman–Crippen MR) is 189 cm³/mol. The second kappa shape index (κ2) is 16.2. The Morgan fingerprint density at radius 3 is 2.25 bits per heavy atom. The number of aromatic nitrogens is 2. The summed E-state index contributed by atoms with van der Waals surface area (Å²) >= 11 is 9.82.